The number of halogens is 1. The van der Waals surface area contributed by atoms with Gasteiger partial charge in [-0.15, -0.1) is 0 Å². The van der Waals surface area contributed by atoms with Gasteiger partial charge in [0.2, 0.25) is 0 Å². The van der Waals surface area contributed by atoms with E-state index in [0.717, 1.165) is 26.3 Å². The summed E-state index contributed by atoms with van der Waals surface area (Å²) < 4.78 is 6.66. The van der Waals surface area contributed by atoms with E-state index in [1.807, 2.05) is 7.05 Å². The number of morpholine rings is 1. The van der Waals surface area contributed by atoms with Crippen LogP contribution in [-0.4, -0.2) is 43.8 Å². The molecule has 1 N–H and O–H groups in total. The highest BCUT2D eigenvalue weighted by atomic mass is 79.9. The molecule has 1 fully saturated rings. The first-order valence-corrected chi connectivity index (χ1v) is 8.02. The molecule has 1 aliphatic heterocycles. The van der Waals surface area contributed by atoms with Crippen molar-refractivity contribution >= 4 is 27.3 Å². The van der Waals surface area contributed by atoms with Crippen molar-refractivity contribution in [2.24, 2.45) is 0 Å². The van der Waals surface area contributed by atoms with Crippen LogP contribution in [0.3, 0.4) is 0 Å². The normalized spacial score (nSPS) is 20.0. The second-order valence-electron chi connectivity index (χ2n) is 5.15. The molecule has 102 valence electrons. The van der Waals surface area contributed by atoms with Crippen LogP contribution in [0.2, 0.25) is 0 Å². The van der Waals surface area contributed by atoms with Gasteiger partial charge in [0.25, 0.3) is 0 Å². The molecule has 0 aromatic carbocycles. The standard InChI is InChI=1S/C13H21BrN2OS/c1-13(2,16-4-6-17-7-5-16)12(15-3)10-8-18-9-11(10)14/h8-9,12,15H,4-7H2,1-3H3. The highest BCUT2D eigenvalue weighted by molar-refractivity contribution is 9.10. The summed E-state index contributed by atoms with van der Waals surface area (Å²) in [5.74, 6) is 0. The van der Waals surface area contributed by atoms with Crippen LogP contribution in [0.25, 0.3) is 0 Å². The first-order chi connectivity index (χ1) is 8.57. The summed E-state index contributed by atoms with van der Waals surface area (Å²) >= 11 is 5.39. The van der Waals surface area contributed by atoms with E-state index in [1.165, 1.54) is 10.0 Å². The highest BCUT2D eigenvalue weighted by Crippen LogP contribution is 2.36. The Bertz CT molecular complexity index is 388. The van der Waals surface area contributed by atoms with Gasteiger partial charge in [0.05, 0.1) is 19.3 Å². The zero-order valence-corrected chi connectivity index (χ0v) is 13.6. The molecular formula is C13H21BrN2OS. The summed E-state index contributed by atoms with van der Waals surface area (Å²) in [7, 11) is 2.04. The van der Waals surface area contributed by atoms with Crippen molar-refractivity contribution in [1.82, 2.24) is 10.2 Å². The summed E-state index contributed by atoms with van der Waals surface area (Å²) in [6.45, 7) is 8.31. The third kappa shape index (κ3) is 2.80. The molecular weight excluding hydrogens is 312 g/mol. The number of hydrogen-bond donors (Lipinski definition) is 1. The SMILES string of the molecule is CNC(c1cscc1Br)C(C)(C)N1CCOCC1. The summed E-state index contributed by atoms with van der Waals surface area (Å²) in [4.78, 5) is 2.52. The van der Waals surface area contributed by atoms with Crippen LogP contribution in [0.1, 0.15) is 25.5 Å². The highest BCUT2D eigenvalue weighted by Gasteiger charge is 2.37. The van der Waals surface area contributed by atoms with Crippen LogP contribution in [-0.2, 0) is 4.74 Å². The lowest BCUT2D eigenvalue weighted by atomic mass is 9.88. The van der Waals surface area contributed by atoms with Crippen molar-refractivity contribution in [3.63, 3.8) is 0 Å². The van der Waals surface area contributed by atoms with Gasteiger partial charge in [0.15, 0.2) is 0 Å². The van der Waals surface area contributed by atoms with Gasteiger partial charge in [-0.3, -0.25) is 4.90 Å². The van der Waals surface area contributed by atoms with E-state index in [1.54, 1.807) is 11.3 Å². The van der Waals surface area contributed by atoms with Crippen LogP contribution in [0.5, 0.6) is 0 Å². The smallest absolute Gasteiger partial charge is 0.0594 e. The zero-order valence-electron chi connectivity index (χ0n) is 11.2. The van der Waals surface area contributed by atoms with Gasteiger partial charge in [0.1, 0.15) is 0 Å². The molecule has 0 amide bonds. The molecule has 0 radical (unpaired) electrons. The predicted molar refractivity (Wildman–Crippen MR) is 80.3 cm³/mol. The first-order valence-electron chi connectivity index (χ1n) is 6.29. The Labute approximate surface area is 122 Å². The Balaban J connectivity index is 2.22. The fraction of sp³-hybridized carbons (Fsp3) is 0.692. The number of nitrogens with zero attached hydrogens (tertiary/aromatic N) is 1. The molecule has 1 unspecified atom stereocenters. The summed E-state index contributed by atoms with van der Waals surface area (Å²) in [5.41, 5.74) is 1.42. The second-order valence-corrected chi connectivity index (χ2v) is 6.75. The molecule has 1 aliphatic rings. The van der Waals surface area contributed by atoms with Gasteiger partial charge < -0.3 is 10.1 Å². The van der Waals surface area contributed by atoms with E-state index < -0.39 is 0 Å². The molecule has 0 spiro atoms. The summed E-state index contributed by atoms with van der Waals surface area (Å²) in [6.07, 6.45) is 0. The van der Waals surface area contributed by atoms with Crippen LogP contribution in [0.4, 0.5) is 0 Å². The Kier molecular flexibility index (Phi) is 4.83. The maximum atomic E-state index is 5.45. The van der Waals surface area contributed by atoms with Crippen molar-refractivity contribution in [2.75, 3.05) is 33.4 Å². The molecule has 18 heavy (non-hydrogen) atoms. The number of nitrogens with one attached hydrogen (secondary N) is 1. The van der Waals surface area contributed by atoms with Gasteiger partial charge in [0, 0.05) is 28.5 Å². The van der Waals surface area contributed by atoms with E-state index in [0.29, 0.717) is 6.04 Å². The largest absolute Gasteiger partial charge is 0.379 e. The Hall–Kier alpha value is 0.0600. The van der Waals surface area contributed by atoms with Crippen molar-refractivity contribution in [1.29, 1.82) is 0 Å². The third-order valence-corrected chi connectivity index (χ3v) is 5.53. The summed E-state index contributed by atoms with van der Waals surface area (Å²) in [6, 6.07) is 0.316. The summed E-state index contributed by atoms with van der Waals surface area (Å²) in [5, 5.41) is 7.85. The predicted octanol–water partition coefficient (Wildman–Crippen LogP) is 2.88. The lowest BCUT2D eigenvalue weighted by molar-refractivity contribution is -0.0229. The molecule has 1 aromatic heterocycles. The topological polar surface area (TPSA) is 24.5 Å². The minimum Gasteiger partial charge on any atom is -0.379 e. The maximum absolute atomic E-state index is 5.45. The Morgan fingerprint density at radius 1 is 1.39 bits per heavy atom. The van der Waals surface area contributed by atoms with Crippen LogP contribution < -0.4 is 5.32 Å². The van der Waals surface area contributed by atoms with Crippen molar-refractivity contribution < 1.29 is 4.74 Å². The average Bonchev–Trinajstić information content (AvgIpc) is 2.78. The van der Waals surface area contributed by atoms with Gasteiger partial charge in [-0.1, -0.05) is 0 Å². The Morgan fingerprint density at radius 2 is 2.06 bits per heavy atom. The van der Waals surface area contributed by atoms with Crippen LogP contribution >= 0.6 is 27.3 Å². The molecule has 2 rings (SSSR count). The number of rotatable bonds is 4. The molecule has 5 heteroatoms. The van der Waals surface area contributed by atoms with E-state index in [-0.39, 0.29) is 5.54 Å². The van der Waals surface area contributed by atoms with Gasteiger partial charge in [-0.2, -0.15) is 11.3 Å². The Morgan fingerprint density at radius 3 is 2.56 bits per heavy atom. The number of likely N-dealkylation sites (N-methyl/N-ethyl adjacent to an activating group) is 1. The fourth-order valence-corrected chi connectivity index (χ4v) is 4.26. The van der Waals surface area contributed by atoms with Crippen molar-refractivity contribution in [3.8, 4) is 0 Å². The molecule has 1 aromatic rings. The van der Waals surface area contributed by atoms with Gasteiger partial charge >= 0.3 is 0 Å². The van der Waals surface area contributed by atoms with Crippen LogP contribution in [0.15, 0.2) is 15.2 Å². The maximum Gasteiger partial charge on any atom is 0.0594 e. The second kappa shape index (κ2) is 6.01. The van der Waals surface area contributed by atoms with E-state index >= 15 is 0 Å². The number of thiophene rings is 1. The van der Waals surface area contributed by atoms with Crippen LogP contribution in [0, 0.1) is 0 Å². The molecule has 2 heterocycles. The molecule has 0 saturated carbocycles. The lowest BCUT2D eigenvalue weighted by Crippen LogP contribution is -2.55. The quantitative estimate of drug-likeness (QED) is 0.917. The first kappa shape index (κ1) is 14.5. The number of ether oxygens (including phenoxy) is 1. The minimum absolute atomic E-state index is 0.0716. The average molecular weight is 333 g/mol. The third-order valence-electron chi connectivity index (χ3n) is 3.77. The van der Waals surface area contributed by atoms with E-state index in [9.17, 15) is 0 Å². The van der Waals surface area contributed by atoms with Gasteiger partial charge in [-0.05, 0) is 47.8 Å². The zero-order chi connectivity index (χ0) is 13.2. The van der Waals surface area contributed by atoms with Crippen molar-refractivity contribution in [3.05, 3.63) is 20.8 Å². The van der Waals surface area contributed by atoms with Crippen molar-refractivity contribution in [2.45, 2.75) is 25.4 Å². The molecule has 1 saturated heterocycles. The van der Waals surface area contributed by atoms with E-state index in [2.05, 4.69) is 50.8 Å². The van der Waals surface area contributed by atoms with E-state index in [4.69, 9.17) is 4.74 Å². The number of hydrogen-bond acceptors (Lipinski definition) is 4. The molecule has 0 aliphatic carbocycles. The monoisotopic (exact) mass is 332 g/mol. The van der Waals surface area contributed by atoms with Gasteiger partial charge in [-0.25, -0.2) is 0 Å². The molecule has 1 atom stereocenters. The fourth-order valence-electron chi connectivity index (χ4n) is 2.71. The minimum atomic E-state index is 0.0716. The lowest BCUT2D eigenvalue weighted by Gasteiger charge is -2.45. The molecule has 0 bridgehead atoms. The molecule has 3 nitrogen and oxygen atoms in total.